The van der Waals surface area contributed by atoms with Crippen LogP contribution in [0.2, 0.25) is 0 Å². The van der Waals surface area contributed by atoms with E-state index < -0.39 is 0 Å². The van der Waals surface area contributed by atoms with Gasteiger partial charge in [-0.05, 0) is 24.1 Å². The van der Waals surface area contributed by atoms with Gasteiger partial charge < -0.3 is 20.1 Å². The number of nitrogens with zero attached hydrogens (tertiary/aromatic N) is 2. The van der Waals surface area contributed by atoms with Gasteiger partial charge in [0.1, 0.15) is 5.82 Å². The zero-order chi connectivity index (χ0) is 18.7. The summed E-state index contributed by atoms with van der Waals surface area (Å²) in [7, 11) is 3.19. The third kappa shape index (κ3) is 3.49. The molecule has 26 heavy (non-hydrogen) atoms. The molecule has 8 nitrogen and oxygen atoms in total. The first-order valence-corrected chi connectivity index (χ1v) is 8.39. The fourth-order valence-corrected chi connectivity index (χ4v) is 3.06. The van der Waals surface area contributed by atoms with Crippen molar-refractivity contribution in [2.24, 2.45) is 0 Å². The third-order valence-corrected chi connectivity index (χ3v) is 4.31. The Kier molecular flexibility index (Phi) is 5.11. The molecule has 1 aromatic heterocycles. The highest BCUT2D eigenvalue weighted by Gasteiger charge is 2.21. The number of fused-ring (bicyclic) bond motifs is 3. The summed E-state index contributed by atoms with van der Waals surface area (Å²) in [6.07, 6.45) is 0.722. The van der Waals surface area contributed by atoms with Crippen LogP contribution >= 0.6 is 0 Å². The molecule has 2 heterocycles. The minimum atomic E-state index is -0.301. The van der Waals surface area contributed by atoms with E-state index in [2.05, 4.69) is 15.6 Å². The monoisotopic (exact) mass is 358 g/mol. The molecular formula is C18H22N4O4. The molecule has 2 N–H and O–H groups in total. The number of benzene rings is 1. The van der Waals surface area contributed by atoms with Crippen LogP contribution in [0.4, 0.5) is 5.82 Å². The van der Waals surface area contributed by atoms with E-state index in [0.29, 0.717) is 37.0 Å². The van der Waals surface area contributed by atoms with E-state index in [1.807, 2.05) is 18.2 Å². The van der Waals surface area contributed by atoms with Crippen LogP contribution in [0, 0.1) is 0 Å². The van der Waals surface area contributed by atoms with Crippen LogP contribution in [-0.4, -0.2) is 42.8 Å². The molecule has 1 aromatic carbocycles. The van der Waals surface area contributed by atoms with Crippen molar-refractivity contribution < 1.29 is 14.3 Å². The number of ether oxygens (including phenoxy) is 2. The van der Waals surface area contributed by atoms with Gasteiger partial charge >= 0.3 is 5.69 Å². The van der Waals surface area contributed by atoms with Crippen LogP contribution in [0.3, 0.4) is 0 Å². The van der Waals surface area contributed by atoms with Crippen molar-refractivity contribution >= 4 is 11.7 Å². The molecule has 1 aliphatic rings. The molecule has 0 saturated heterocycles. The van der Waals surface area contributed by atoms with E-state index in [1.165, 1.54) is 6.92 Å². The Morgan fingerprint density at radius 1 is 1.19 bits per heavy atom. The van der Waals surface area contributed by atoms with Gasteiger partial charge in [-0.25, -0.2) is 4.79 Å². The van der Waals surface area contributed by atoms with Crippen LogP contribution in [0.15, 0.2) is 23.0 Å². The fourth-order valence-electron chi connectivity index (χ4n) is 3.06. The Balaban J connectivity index is 1.95. The third-order valence-electron chi connectivity index (χ3n) is 4.31. The summed E-state index contributed by atoms with van der Waals surface area (Å²) >= 11 is 0. The van der Waals surface area contributed by atoms with E-state index in [0.717, 1.165) is 23.2 Å². The van der Waals surface area contributed by atoms with E-state index >= 15 is 0 Å². The van der Waals surface area contributed by atoms with Gasteiger partial charge in [-0.1, -0.05) is 0 Å². The van der Waals surface area contributed by atoms with Crippen molar-refractivity contribution in [1.82, 2.24) is 14.9 Å². The van der Waals surface area contributed by atoms with Gasteiger partial charge in [0.15, 0.2) is 11.5 Å². The van der Waals surface area contributed by atoms with E-state index in [1.54, 1.807) is 18.8 Å². The molecule has 0 bridgehead atoms. The summed E-state index contributed by atoms with van der Waals surface area (Å²) in [5, 5.41) is 5.77. The lowest BCUT2D eigenvalue weighted by atomic mass is 9.97. The van der Waals surface area contributed by atoms with E-state index in [4.69, 9.17) is 9.47 Å². The van der Waals surface area contributed by atoms with Crippen molar-refractivity contribution in [2.75, 3.05) is 32.6 Å². The number of hydrogen-bond acceptors (Lipinski definition) is 6. The van der Waals surface area contributed by atoms with Gasteiger partial charge in [0, 0.05) is 38.2 Å². The number of anilines is 1. The van der Waals surface area contributed by atoms with Crippen LogP contribution in [0.1, 0.15) is 12.5 Å². The van der Waals surface area contributed by atoms with Gasteiger partial charge in [0.05, 0.1) is 19.9 Å². The molecule has 0 spiro atoms. The number of rotatable bonds is 6. The molecule has 138 valence electrons. The van der Waals surface area contributed by atoms with Gasteiger partial charge in [0.2, 0.25) is 5.91 Å². The average molecular weight is 358 g/mol. The molecular weight excluding hydrogens is 336 g/mol. The minimum Gasteiger partial charge on any atom is -0.493 e. The quantitative estimate of drug-likeness (QED) is 0.749. The Hall–Kier alpha value is -3.03. The Morgan fingerprint density at radius 2 is 1.92 bits per heavy atom. The fraction of sp³-hybridized carbons (Fsp3) is 0.389. The van der Waals surface area contributed by atoms with Gasteiger partial charge in [0.25, 0.3) is 0 Å². The van der Waals surface area contributed by atoms with Crippen molar-refractivity contribution in [2.45, 2.75) is 19.9 Å². The first-order chi connectivity index (χ1) is 12.5. The highest BCUT2D eigenvalue weighted by atomic mass is 16.5. The van der Waals surface area contributed by atoms with Crippen molar-refractivity contribution in [3.8, 4) is 22.8 Å². The number of carbonyl (C=O) groups is 1. The van der Waals surface area contributed by atoms with Gasteiger partial charge in [-0.15, -0.1) is 0 Å². The second-order valence-electron chi connectivity index (χ2n) is 5.98. The smallest absolute Gasteiger partial charge is 0.349 e. The summed E-state index contributed by atoms with van der Waals surface area (Å²) in [5.74, 6) is 1.67. The van der Waals surface area contributed by atoms with Crippen LogP contribution < -0.4 is 25.8 Å². The molecule has 0 fully saturated rings. The number of methoxy groups -OCH3 is 2. The summed E-state index contributed by atoms with van der Waals surface area (Å²) < 4.78 is 12.4. The van der Waals surface area contributed by atoms with Crippen molar-refractivity contribution in [3.05, 3.63) is 34.2 Å². The number of carbonyl (C=O) groups excluding carboxylic acids is 1. The number of aromatic nitrogens is 2. The molecule has 0 atom stereocenters. The number of aryl methyl sites for hydroxylation is 1. The average Bonchev–Trinajstić information content (AvgIpc) is 2.63. The number of amides is 1. The van der Waals surface area contributed by atoms with Crippen molar-refractivity contribution in [3.63, 3.8) is 0 Å². The molecule has 2 aromatic rings. The zero-order valence-electron chi connectivity index (χ0n) is 15.1. The highest BCUT2D eigenvalue weighted by Crippen LogP contribution is 2.38. The summed E-state index contributed by atoms with van der Waals surface area (Å²) in [6, 6.07) is 5.69. The molecule has 3 rings (SSSR count). The Bertz CT molecular complexity index is 891. The van der Waals surface area contributed by atoms with E-state index in [9.17, 15) is 9.59 Å². The first kappa shape index (κ1) is 17.8. The van der Waals surface area contributed by atoms with Gasteiger partial charge in [-0.2, -0.15) is 4.98 Å². The van der Waals surface area contributed by atoms with E-state index in [-0.39, 0.29) is 11.6 Å². The lowest BCUT2D eigenvalue weighted by Gasteiger charge is -2.23. The molecule has 0 unspecified atom stereocenters. The predicted molar refractivity (Wildman–Crippen MR) is 97.9 cm³/mol. The lowest BCUT2D eigenvalue weighted by Crippen LogP contribution is -2.30. The maximum absolute atomic E-state index is 12.4. The first-order valence-electron chi connectivity index (χ1n) is 8.39. The second kappa shape index (κ2) is 7.47. The lowest BCUT2D eigenvalue weighted by molar-refractivity contribution is -0.118. The normalized spacial score (nSPS) is 12.0. The summed E-state index contributed by atoms with van der Waals surface area (Å²) in [4.78, 5) is 27.4. The highest BCUT2D eigenvalue weighted by molar-refractivity contribution is 5.73. The maximum Gasteiger partial charge on any atom is 0.349 e. The number of nitrogens with one attached hydrogen (secondary N) is 2. The second-order valence-corrected chi connectivity index (χ2v) is 5.98. The SMILES string of the molecule is COc1cc2c(cc1OC)-c1cc(NCCNC(C)=O)nc(=O)n1CC2. The predicted octanol–water partition coefficient (Wildman–Crippen LogP) is 1.03. The molecule has 1 aliphatic heterocycles. The molecule has 8 heteroatoms. The Labute approximate surface area is 151 Å². The standard InChI is InChI=1S/C18H22N4O4/c1-11(23)19-5-6-20-17-10-14-13-9-16(26-3)15(25-2)8-12(13)4-7-22(14)18(24)21-17/h8-10H,4-7H2,1-3H3,(H,19,23)(H,20,21,24). The Morgan fingerprint density at radius 3 is 2.62 bits per heavy atom. The summed E-state index contributed by atoms with van der Waals surface area (Å²) in [5.41, 5.74) is 2.51. The summed E-state index contributed by atoms with van der Waals surface area (Å²) in [6.45, 7) is 2.96. The molecule has 0 aliphatic carbocycles. The van der Waals surface area contributed by atoms with Crippen molar-refractivity contribution in [1.29, 1.82) is 0 Å². The largest absolute Gasteiger partial charge is 0.493 e. The molecule has 1 amide bonds. The van der Waals surface area contributed by atoms with Crippen LogP contribution in [-0.2, 0) is 17.8 Å². The molecule has 0 saturated carbocycles. The maximum atomic E-state index is 12.4. The van der Waals surface area contributed by atoms with Gasteiger partial charge in [-0.3, -0.25) is 9.36 Å². The zero-order valence-corrected chi connectivity index (χ0v) is 15.1. The van der Waals surface area contributed by atoms with Crippen LogP contribution in [0.25, 0.3) is 11.3 Å². The van der Waals surface area contributed by atoms with Crippen LogP contribution in [0.5, 0.6) is 11.5 Å². The minimum absolute atomic E-state index is 0.0970. The molecule has 0 radical (unpaired) electrons. The topological polar surface area (TPSA) is 94.5 Å². The number of hydrogen-bond donors (Lipinski definition) is 2.